The summed E-state index contributed by atoms with van der Waals surface area (Å²) in [5, 5.41) is 2.88. The van der Waals surface area contributed by atoms with Gasteiger partial charge in [-0.1, -0.05) is 11.6 Å². The molecule has 0 amide bonds. The van der Waals surface area contributed by atoms with Crippen LogP contribution in [0.3, 0.4) is 0 Å². The molecule has 0 radical (unpaired) electrons. The molecule has 0 aliphatic carbocycles. The molecule has 10 heteroatoms. The highest BCUT2D eigenvalue weighted by molar-refractivity contribution is 8.01. The second-order valence-corrected chi connectivity index (χ2v) is 9.30. The molecule has 0 atom stereocenters. The van der Waals surface area contributed by atoms with Crippen LogP contribution in [0, 0.1) is 5.82 Å². The lowest BCUT2D eigenvalue weighted by Gasteiger charge is -2.16. The zero-order valence-electron chi connectivity index (χ0n) is 16.2. The van der Waals surface area contributed by atoms with Crippen molar-refractivity contribution in [3.8, 4) is 21.8 Å². The van der Waals surface area contributed by atoms with Crippen LogP contribution in [0.15, 0.2) is 41.8 Å². The van der Waals surface area contributed by atoms with Crippen LogP contribution in [0.1, 0.15) is 18.4 Å². The summed E-state index contributed by atoms with van der Waals surface area (Å²) in [7, 11) is 0. The maximum Gasteiger partial charge on any atom is 0.461 e. The summed E-state index contributed by atoms with van der Waals surface area (Å²) >= 11 is 7.39. The zero-order chi connectivity index (χ0) is 22.0. The third-order valence-electron chi connectivity index (χ3n) is 4.92. The van der Waals surface area contributed by atoms with Gasteiger partial charge in [0.05, 0.1) is 22.7 Å². The van der Waals surface area contributed by atoms with E-state index in [-0.39, 0.29) is 23.5 Å². The van der Waals surface area contributed by atoms with Crippen molar-refractivity contribution in [3.63, 3.8) is 0 Å². The molecular formula is C21H18ClF4N3S2. The molecule has 2 aromatic carbocycles. The highest BCUT2D eigenvalue weighted by Crippen LogP contribution is 2.37. The Balaban J connectivity index is 1.57. The van der Waals surface area contributed by atoms with Gasteiger partial charge in [0, 0.05) is 28.7 Å². The van der Waals surface area contributed by atoms with E-state index in [0.717, 1.165) is 42.1 Å². The van der Waals surface area contributed by atoms with E-state index in [0.29, 0.717) is 22.8 Å². The number of anilines is 1. The van der Waals surface area contributed by atoms with Crippen LogP contribution >= 0.6 is 34.9 Å². The van der Waals surface area contributed by atoms with E-state index in [1.165, 1.54) is 29.5 Å². The van der Waals surface area contributed by atoms with Gasteiger partial charge < -0.3 is 4.72 Å². The number of thiazole rings is 1. The number of benzene rings is 2. The Kier molecular flexibility index (Phi) is 6.76. The highest BCUT2D eigenvalue weighted by atomic mass is 35.5. The topological polar surface area (TPSA) is 28.2 Å². The monoisotopic (exact) mass is 487 g/mol. The van der Waals surface area contributed by atoms with Crippen molar-refractivity contribution < 1.29 is 17.6 Å². The largest absolute Gasteiger partial charge is 0.461 e. The average Bonchev–Trinajstić information content (AvgIpc) is 3.38. The Hall–Kier alpha value is -1.81. The van der Waals surface area contributed by atoms with Crippen molar-refractivity contribution in [1.82, 2.24) is 9.88 Å². The molecular weight excluding hydrogens is 470 g/mol. The molecule has 0 bridgehead atoms. The first kappa shape index (κ1) is 22.4. The molecule has 31 heavy (non-hydrogen) atoms. The Bertz CT molecular complexity index is 1070. The standard InChI is InChI=1S/C21H18ClF4N3S2/c22-18-10-15(28-31-21(24,25)26)4-6-17(18)19-12-30-20(27-19)16-5-3-14(23)9-13(16)11-29-7-1-2-8-29/h3-6,9-10,12,28H,1-2,7-8,11H2. The molecule has 0 unspecified atom stereocenters. The van der Waals surface area contributed by atoms with E-state index < -0.39 is 5.51 Å². The lowest BCUT2D eigenvalue weighted by atomic mass is 10.1. The lowest BCUT2D eigenvalue weighted by molar-refractivity contribution is -0.0323. The summed E-state index contributed by atoms with van der Waals surface area (Å²) in [6, 6.07) is 9.32. The van der Waals surface area contributed by atoms with Crippen molar-refractivity contribution in [2.45, 2.75) is 24.9 Å². The number of nitrogens with one attached hydrogen (secondary N) is 1. The van der Waals surface area contributed by atoms with Gasteiger partial charge in [-0.3, -0.25) is 4.90 Å². The highest BCUT2D eigenvalue weighted by Gasteiger charge is 2.29. The van der Waals surface area contributed by atoms with Crippen LogP contribution < -0.4 is 4.72 Å². The van der Waals surface area contributed by atoms with Gasteiger partial charge in [-0.25, -0.2) is 9.37 Å². The molecule has 1 N–H and O–H groups in total. The summed E-state index contributed by atoms with van der Waals surface area (Å²) in [5.41, 5.74) is -1.14. The van der Waals surface area contributed by atoms with Crippen LogP contribution in [-0.4, -0.2) is 28.5 Å². The second kappa shape index (κ2) is 9.36. The first-order valence-corrected chi connectivity index (χ1v) is 11.6. The Morgan fingerprint density at radius 3 is 2.55 bits per heavy atom. The fourth-order valence-electron chi connectivity index (χ4n) is 3.51. The van der Waals surface area contributed by atoms with Crippen molar-refractivity contribution >= 4 is 40.6 Å². The number of likely N-dealkylation sites (tertiary alicyclic amines) is 1. The van der Waals surface area contributed by atoms with Crippen LogP contribution in [0.2, 0.25) is 5.02 Å². The molecule has 1 aliphatic heterocycles. The summed E-state index contributed by atoms with van der Waals surface area (Å²) in [6.45, 7) is 2.67. The number of hydrogen-bond donors (Lipinski definition) is 1. The van der Waals surface area contributed by atoms with E-state index in [4.69, 9.17) is 11.6 Å². The lowest BCUT2D eigenvalue weighted by Crippen LogP contribution is -2.18. The van der Waals surface area contributed by atoms with Gasteiger partial charge in [-0.15, -0.1) is 11.3 Å². The quantitative estimate of drug-likeness (QED) is 0.289. The normalized spacial score (nSPS) is 14.9. The molecule has 1 aliphatic rings. The molecule has 3 aromatic rings. The summed E-state index contributed by atoms with van der Waals surface area (Å²) < 4.78 is 53.2. The zero-order valence-corrected chi connectivity index (χ0v) is 18.6. The SMILES string of the molecule is Fc1ccc(-c2nc(-c3ccc(NSC(F)(F)F)cc3Cl)cs2)c(CN2CCCC2)c1. The molecule has 164 valence electrons. The number of aromatic nitrogens is 1. The van der Waals surface area contributed by atoms with E-state index in [2.05, 4.69) is 14.6 Å². The third-order valence-corrected chi connectivity index (χ3v) is 6.68. The summed E-state index contributed by atoms with van der Waals surface area (Å²) in [4.78, 5) is 6.98. The fourth-order valence-corrected chi connectivity index (χ4v) is 5.03. The second-order valence-electron chi connectivity index (χ2n) is 7.17. The smallest absolute Gasteiger partial charge is 0.323 e. The molecule has 1 fully saturated rings. The van der Waals surface area contributed by atoms with Crippen LogP contribution in [0.5, 0.6) is 0 Å². The Labute approximate surface area is 190 Å². The molecule has 0 spiro atoms. The number of hydrogen-bond acceptors (Lipinski definition) is 5. The van der Waals surface area contributed by atoms with Crippen molar-refractivity contribution in [3.05, 3.63) is 58.2 Å². The van der Waals surface area contributed by atoms with Crippen LogP contribution in [0.4, 0.5) is 23.2 Å². The summed E-state index contributed by atoms with van der Waals surface area (Å²) in [6.07, 6.45) is 2.30. The minimum Gasteiger partial charge on any atom is -0.323 e. The average molecular weight is 488 g/mol. The fraction of sp³-hybridized carbons (Fsp3) is 0.286. The van der Waals surface area contributed by atoms with E-state index >= 15 is 0 Å². The van der Waals surface area contributed by atoms with Gasteiger partial charge in [-0.2, -0.15) is 13.2 Å². The number of halogens is 5. The number of rotatable bonds is 6. The first-order chi connectivity index (χ1) is 14.8. The van der Waals surface area contributed by atoms with Crippen molar-refractivity contribution in [2.24, 2.45) is 0 Å². The van der Waals surface area contributed by atoms with E-state index in [1.54, 1.807) is 18.2 Å². The molecule has 1 aromatic heterocycles. The predicted octanol–water partition coefficient (Wildman–Crippen LogP) is 7.45. The van der Waals surface area contributed by atoms with Gasteiger partial charge in [0.15, 0.2) is 0 Å². The maximum atomic E-state index is 13.9. The minimum absolute atomic E-state index is 0.248. The molecule has 1 saturated heterocycles. The van der Waals surface area contributed by atoms with E-state index in [1.807, 2.05) is 5.38 Å². The van der Waals surface area contributed by atoms with Gasteiger partial charge in [0.2, 0.25) is 0 Å². The predicted molar refractivity (Wildman–Crippen MR) is 120 cm³/mol. The van der Waals surface area contributed by atoms with Gasteiger partial charge in [0.1, 0.15) is 10.8 Å². The summed E-state index contributed by atoms with van der Waals surface area (Å²) in [5.74, 6) is -0.280. The Morgan fingerprint density at radius 1 is 1.10 bits per heavy atom. The van der Waals surface area contributed by atoms with Gasteiger partial charge in [0.25, 0.3) is 0 Å². The van der Waals surface area contributed by atoms with Crippen molar-refractivity contribution in [2.75, 3.05) is 17.8 Å². The Morgan fingerprint density at radius 2 is 1.84 bits per heavy atom. The third kappa shape index (κ3) is 5.71. The molecule has 4 rings (SSSR count). The number of alkyl halides is 3. The number of nitrogens with zero attached hydrogens (tertiary/aromatic N) is 2. The molecule has 2 heterocycles. The van der Waals surface area contributed by atoms with Gasteiger partial charge >= 0.3 is 5.51 Å². The van der Waals surface area contributed by atoms with Crippen molar-refractivity contribution in [1.29, 1.82) is 0 Å². The minimum atomic E-state index is -4.39. The van der Waals surface area contributed by atoms with Gasteiger partial charge in [-0.05, 0) is 67.9 Å². The molecule has 3 nitrogen and oxygen atoms in total. The maximum absolute atomic E-state index is 13.9. The van der Waals surface area contributed by atoms with Crippen LogP contribution in [-0.2, 0) is 6.54 Å². The molecule has 0 saturated carbocycles. The first-order valence-electron chi connectivity index (χ1n) is 9.56. The van der Waals surface area contributed by atoms with E-state index in [9.17, 15) is 17.6 Å². The van der Waals surface area contributed by atoms with Crippen LogP contribution in [0.25, 0.3) is 21.8 Å².